The predicted octanol–water partition coefficient (Wildman–Crippen LogP) is 5.79. The highest BCUT2D eigenvalue weighted by Crippen LogP contribution is 2.27. The first-order chi connectivity index (χ1) is 14.6. The van der Waals surface area contributed by atoms with Crippen molar-refractivity contribution >= 4 is 46.8 Å². The number of carbonyl (C=O) groups is 2. The van der Waals surface area contributed by atoms with E-state index in [4.69, 9.17) is 23.2 Å². The van der Waals surface area contributed by atoms with E-state index in [1.807, 2.05) is 13.8 Å². The predicted molar refractivity (Wildman–Crippen MR) is 132 cm³/mol. The molecule has 2 amide bonds. The molecule has 0 fully saturated rings. The number of benzene rings is 2. The number of hydrogen-bond acceptors (Lipinski definition) is 3. The quantitative estimate of drug-likeness (QED) is 0.494. The molecule has 0 heterocycles. The Morgan fingerprint density at radius 1 is 1.03 bits per heavy atom. The molecular formula is C24H30Cl2N2O2S. The van der Waals surface area contributed by atoms with Crippen LogP contribution in [0.5, 0.6) is 0 Å². The molecule has 2 aromatic carbocycles. The van der Waals surface area contributed by atoms with Gasteiger partial charge < -0.3 is 10.2 Å². The molecular weight excluding hydrogens is 451 g/mol. The van der Waals surface area contributed by atoms with Crippen molar-refractivity contribution in [1.82, 2.24) is 10.2 Å². The first kappa shape index (κ1) is 25.6. The number of hydrogen-bond donors (Lipinski definition) is 1. The van der Waals surface area contributed by atoms with Gasteiger partial charge >= 0.3 is 0 Å². The van der Waals surface area contributed by atoms with Crippen molar-refractivity contribution in [3.05, 3.63) is 68.7 Å². The van der Waals surface area contributed by atoms with Crippen LogP contribution in [-0.2, 0) is 21.9 Å². The van der Waals surface area contributed by atoms with E-state index >= 15 is 0 Å². The SMILES string of the molecule is Cc1cc(C)cc(CSCC(=O)N(Cc2c(Cl)cccc2Cl)[C@@H](C)C(=O)NC(C)C)c1. The van der Waals surface area contributed by atoms with E-state index < -0.39 is 6.04 Å². The lowest BCUT2D eigenvalue weighted by atomic mass is 10.1. The van der Waals surface area contributed by atoms with Crippen LogP contribution in [0.25, 0.3) is 0 Å². The lowest BCUT2D eigenvalue weighted by Crippen LogP contribution is -2.49. The molecule has 7 heteroatoms. The highest BCUT2D eigenvalue weighted by atomic mass is 35.5. The summed E-state index contributed by atoms with van der Waals surface area (Å²) in [5.41, 5.74) is 4.23. The molecule has 0 radical (unpaired) electrons. The Labute approximate surface area is 199 Å². The lowest BCUT2D eigenvalue weighted by molar-refractivity contribution is -0.138. The van der Waals surface area contributed by atoms with Crippen molar-refractivity contribution in [2.75, 3.05) is 5.75 Å². The van der Waals surface area contributed by atoms with Gasteiger partial charge in [0.05, 0.1) is 5.75 Å². The normalized spacial score (nSPS) is 12.0. The second-order valence-electron chi connectivity index (χ2n) is 8.05. The zero-order chi connectivity index (χ0) is 23.1. The van der Waals surface area contributed by atoms with Crippen LogP contribution in [-0.4, -0.2) is 34.6 Å². The first-order valence-corrected chi connectivity index (χ1v) is 12.2. The van der Waals surface area contributed by atoms with Crippen molar-refractivity contribution < 1.29 is 9.59 Å². The standard InChI is InChI=1S/C24H30Cl2N2O2S/c1-15(2)27-24(30)18(5)28(12-20-21(25)7-6-8-22(20)26)23(29)14-31-13-19-10-16(3)9-17(4)11-19/h6-11,15,18H,12-14H2,1-5H3,(H,27,30)/t18-/m0/s1. The Morgan fingerprint density at radius 2 is 1.61 bits per heavy atom. The Kier molecular flexibility index (Phi) is 9.73. The minimum absolute atomic E-state index is 0.0188. The summed E-state index contributed by atoms with van der Waals surface area (Å²) >= 11 is 14.2. The third kappa shape index (κ3) is 7.74. The number of amides is 2. The molecule has 0 aliphatic heterocycles. The van der Waals surface area contributed by atoms with Crippen LogP contribution in [0.2, 0.25) is 10.0 Å². The second kappa shape index (κ2) is 11.8. The molecule has 0 saturated heterocycles. The second-order valence-corrected chi connectivity index (χ2v) is 9.85. The summed E-state index contributed by atoms with van der Waals surface area (Å²) in [7, 11) is 0. The molecule has 0 saturated carbocycles. The summed E-state index contributed by atoms with van der Waals surface area (Å²) in [6, 6.07) is 10.9. The third-order valence-electron chi connectivity index (χ3n) is 4.76. The van der Waals surface area contributed by atoms with Crippen LogP contribution in [0, 0.1) is 13.8 Å². The Balaban J connectivity index is 2.16. The lowest BCUT2D eigenvalue weighted by Gasteiger charge is -2.30. The zero-order valence-corrected chi connectivity index (χ0v) is 21.0. The molecule has 1 atom stereocenters. The fourth-order valence-corrected chi connectivity index (χ4v) is 4.69. The average Bonchev–Trinajstić information content (AvgIpc) is 2.66. The highest BCUT2D eigenvalue weighted by Gasteiger charge is 2.27. The molecule has 1 N–H and O–H groups in total. The molecule has 0 unspecified atom stereocenters. The van der Waals surface area contributed by atoms with Crippen LogP contribution in [0.4, 0.5) is 0 Å². The van der Waals surface area contributed by atoms with E-state index in [-0.39, 0.29) is 30.2 Å². The van der Waals surface area contributed by atoms with Crippen LogP contribution in [0.15, 0.2) is 36.4 Å². The van der Waals surface area contributed by atoms with Gasteiger partial charge in [-0.1, -0.05) is 58.6 Å². The van der Waals surface area contributed by atoms with Crippen LogP contribution >= 0.6 is 35.0 Å². The van der Waals surface area contributed by atoms with E-state index in [1.54, 1.807) is 30.0 Å². The Hall–Kier alpha value is -1.69. The molecule has 0 aromatic heterocycles. The third-order valence-corrected chi connectivity index (χ3v) is 6.46. The van der Waals surface area contributed by atoms with Gasteiger partial charge in [-0.05, 0) is 52.3 Å². The maximum atomic E-state index is 13.2. The number of rotatable bonds is 9. The maximum absolute atomic E-state index is 13.2. The Bertz CT molecular complexity index is 893. The van der Waals surface area contributed by atoms with Gasteiger partial charge in [-0.25, -0.2) is 0 Å². The molecule has 0 aliphatic rings. The van der Waals surface area contributed by atoms with Crippen molar-refractivity contribution in [3.63, 3.8) is 0 Å². The van der Waals surface area contributed by atoms with Gasteiger partial charge in [0.2, 0.25) is 11.8 Å². The maximum Gasteiger partial charge on any atom is 0.242 e. The van der Waals surface area contributed by atoms with Gasteiger partial charge in [0.15, 0.2) is 0 Å². The molecule has 0 bridgehead atoms. The van der Waals surface area contributed by atoms with Gasteiger partial charge in [0.25, 0.3) is 0 Å². The number of nitrogens with zero attached hydrogens (tertiary/aromatic N) is 1. The zero-order valence-electron chi connectivity index (χ0n) is 18.7. The first-order valence-electron chi connectivity index (χ1n) is 10.3. The summed E-state index contributed by atoms with van der Waals surface area (Å²) in [6.07, 6.45) is 0. The van der Waals surface area contributed by atoms with Crippen molar-refractivity contribution in [2.24, 2.45) is 0 Å². The van der Waals surface area contributed by atoms with Crippen molar-refractivity contribution in [1.29, 1.82) is 0 Å². The molecule has 2 rings (SSSR count). The number of halogens is 2. The van der Waals surface area contributed by atoms with E-state index in [2.05, 4.69) is 37.4 Å². The van der Waals surface area contributed by atoms with Gasteiger partial charge in [-0.3, -0.25) is 9.59 Å². The van der Waals surface area contributed by atoms with Gasteiger partial charge in [0, 0.05) is 33.9 Å². The molecule has 2 aromatic rings. The van der Waals surface area contributed by atoms with Crippen molar-refractivity contribution in [3.8, 4) is 0 Å². The molecule has 168 valence electrons. The van der Waals surface area contributed by atoms with Gasteiger partial charge in [-0.15, -0.1) is 11.8 Å². The monoisotopic (exact) mass is 480 g/mol. The summed E-state index contributed by atoms with van der Waals surface area (Å²) < 4.78 is 0. The van der Waals surface area contributed by atoms with E-state index in [1.165, 1.54) is 28.5 Å². The minimum Gasteiger partial charge on any atom is -0.352 e. The van der Waals surface area contributed by atoms with Crippen LogP contribution in [0.1, 0.15) is 43.0 Å². The van der Waals surface area contributed by atoms with Gasteiger partial charge in [-0.2, -0.15) is 0 Å². The number of aryl methyl sites for hydroxylation is 2. The molecule has 0 spiro atoms. The van der Waals surface area contributed by atoms with E-state index in [9.17, 15) is 9.59 Å². The number of thioether (sulfide) groups is 1. The van der Waals surface area contributed by atoms with Crippen LogP contribution < -0.4 is 5.32 Å². The van der Waals surface area contributed by atoms with Gasteiger partial charge in [0.1, 0.15) is 6.04 Å². The van der Waals surface area contributed by atoms with Crippen LogP contribution in [0.3, 0.4) is 0 Å². The molecule has 31 heavy (non-hydrogen) atoms. The highest BCUT2D eigenvalue weighted by molar-refractivity contribution is 7.99. The minimum atomic E-state index is -0.649. The fraction of sp³-hybridized carbons (Fsp3) is 0.417. The summed E-state index contributed by atoms with van der Waals surface area (Å²) in [6.45, 7) is 9.82. The number of nitrogens with one attached hydrogen (secondary N) is 1. The molecule has 0 aliphatic carbocycles. The molecule has 4 nitrogen and oxygen atoms in total. The van der Waals surface area contributed by atoms with Crippen molar-refractivity contribution in [2.45, 2.75) is 59.0 Å². The summed E-state index contributed by atoms with van der Waals surface area (Å²) in [5.74, 6) is 0.651. The summed E-state index contributed by atoms with van der Waals surface area (Å²) in [4.78, 5) is 27.4. The smallest absolute Gasteiger partial charge is 0.242 e. The largest absolute Gasteiger partial charge is 0.352 e. The average molecular weight is 481 g/mol. The number of carbonyl (C=O) groups excluding carboxylic acids is 2. The Morgan fingerprint density at radius 3 is 2.16 bits per heavy atom. The van der Waals surface area contributed by atoms with E-state index in [0.717, 1.165) is 5.75 Å². The summed E-state index contributed by atoms with van der Waals surface area (Å²) in [5, 5.41) is 3.83. The topological polar surface area (TPSA) is 49.4 Å². The fourth-order valence-electron chi connectivity index (χ4n) is 3.33. The van der Waals surface area contributed by atoms with E-state index in [0.29, 0.717) is 15.6 Å².